The first-order valence-electron chi connectivity index (χ1n) is 10.6. The van der Waals surface area contributed by atoms with Gasteiger partial charge in [0.2, 0.25) is 5.91 Å². The Hall–Kier alpha value is -3.40. The van der Waals surface area contributed by atoms with Gasteiger partial charge in [-0.25, -0.2) is 13.2 Å². The molecule has 2 N–H and O–H groups in total. The van der Waals surface area contributed by atoms with Crippen molar-refractivity contribution in [3.8, 4) is 11.1 Å². The molecule has 33 heavy (non-hydrogen) atoms. The molecular formula is C23H24N2O7S. The van der Waals surface area contributed by atoms with Crippen molar-refractivity contribution in [2.45, 2.75) is 18.4 Å². The number of alkyl carbamates (subject to hydrolysis) is 1. The Balaban J connectivity index is 1.34. The van der Waals surface area contributed by atoms with Gasteiger partial charge in [0, 0.05) is 12.5 Å². The average molecular weight is 473 g/mol. The van der Waals surface area contributed by atoms with E-state index in [0.717, 1.165) is 22.3 Å². The van der Waals surface area contributed by atoms with Crippen molar-refractivity contribution in [2.24, 2.45) is 0 Å². The molecule has 174 valence electrons. The molecule has 1 aliphatic carbocycles. The van der Waals surface area contributed by atoms with Crippen LogP contribution in [0.2, 0.25) is 0 Å². The van der Waals surface area contributed by atoms with Crippen LogP contribution in [0.4, 0.5) is 4.79 Å². The number of hydrogen-bond acceptors (Lipinski definition) is 6. The van der Waals surface area contributed by atoms with Gasteiger partial charge in [-0.2, -0.15) is 0 Å². The van der Waals surface area contributed by atoms with Crippen LogP contribution in [0.1, 0.15) is 23.5 Å². The van der Waals surface area contributed by atoms with E-state index in [-0.39, 0.29) is 24.8 Å². The highest BCUT2D eigenvalue weighted by Gasteiger charge is 2.35. The van der Waals surface area contributed by atoms with E-state index >= 15 is 0 Å². The topological polar surface area (TPSA) is 130 Å². The maximum absolute atomic E-state index is 12.6. The van der Waals surface area contributed by atoms with Gasteiger partial charge in [-0.1, -0.05) is 48.5 Å². The molecular weight excluding hydrogens is 448 g/mol. The van der Waals surface area contributed by atoms with E-state index in [0.29, 0.717) is 0 Å². The lowest BCUT2D eigenvalue weighted by atomic mass is 9.98. The minimum atomic E-state index is -3.41. The van der Waals surface area contributed by atoms with E-state index in [2.05, 4.69) is 5.32 Å². The third kappa shape index (κ3) is 5.00. The lowest BCUT2D eigenvalue weighted by Gasteiger charge is -2.34. The van der Waals surface area contributed by atoms with Gasteiger partial charge in [-0.15, -0.1) is 0 Å². The molecule has 0 bridgehead atoms. The first kappa shape index (κ1) is 22.8. The van der Waals surface area contributed by atoms with E-state index in [1.807, 2.05) is 48.5 Å². The number of sulfone groups is 1. The molecule has 2 aliphatic rings. The first-order chi connectivity index (χ1) is 15.7. The van der Waals surface area contributed by atoms with Crippen LogP contribution in [0.15, 0.2) is 48.5 Å². The summed E-state index contributed by atoms with van der Waals surface area (Å²) in [5.74, 6) is -2.51. The lowest BCUT2D eigenvalue weighted by Crippen LogP contribution is -2.54. The number of carbonyl (C=O) groups excluding carboxylic acids is 2. The predicted octanol–water partition coefficient (Wildman–Crippen LogP) is 1.63. The summed E-state index contributed by atoms with van der Waals surface area (Å²) < 4.78 is 29.1. The fourth-order valence-corrected chi connectivity index (χ4v) is 6.01. The summed E-state index contributed by atoms with van der Waals surface area (Å²) in [6, 6.07) is 14.9. The van der Waals surface area contributed by atoms with Gasteiger partial charge in [0.25, 0.3) is 0 Å². The smallest absolute Gasteiger partial charge is 0.407 e. The molecule has 0 spiro atoms. The first-order valence-corrected chi connectivity index (χ1v) is 12.4. The molecule has 0 aromatic heterocycles. The third-order valence-corrected chi connectivity index (χ3v) is 7.69. The summed E-state index contributed by atoms with van der Waals surface area (Å²) in [5.41, 5.74) is 4.32. The number of nitrogens with one attached hydrogen (secondary N) is 1. The highest BCUT2D eigenvalue weighted by atomic mass is 32.2. The molecule has 1 fully saturated rings. The maximum Gasteiger partial charge on any atom is 0.407 e. The molecule has 9 nitrogen and oxygen atoms in total. The van der Waals surface area contributed by atoms with Gasteiger partial charge < -0.3 is 20.1 Å². The third-order valence-electron chi connectivity index (χ3n) is 5.99. The van der Waals surface area contributed by atoms with Crippen LogP contribution >= 0.6 is 0 Å². The SMILES string of the molecule is O=C(O)CC1CS(=O)(=O)CCN1C(=O)CNC(=O)OCC1c2ccccc2-c2ccccc21. The van der Waals surface area contributed by atoms with Crippen molar-refractivity contribution in [1.29, 1.82) is 0 Å². The van der Waals surface area contributed by atoms with Crippen LogP contribution in [0.3, 0.4) is 0 Å². The molecule has 1 heterocycles. The Labute approximate surface area is 191 Å². The van der Waals surface area contributed by atoms with Crippen LogP contribution in [0, 0.1) is 0 Å². The second-order valence-electron chi connectivity index (χ2n) is 8.13. The van der Waals surface area contributed by atoms with Crippen molar-refractivity contribution in [2.75, 3.05) is 31.2 Å². The summed E-state index contributed by atoms with van der Waals surface area (Å²) in [4.78, 5) is 37.1. The number of aliphatic carboxylic acids is 1. The van der Waals surface area contributed by atoms with E-state index in [1.54, 1.807) is 0 Å². The summed E-state index contributed by atoms with van der Waals surface area (Å²) in [6.07, 6.45) is -1.25. The average Bonchev–Trinajstić information content (AvgIpc) is 3.09. The number of carboxylic acid groups (broad SMARTS) is 1. The molecule has 1 unspecified atom stereocenters. The molecule has 2 amide bonds. The molecule has 0 radical (unpaired) electrons. The second kappa shape index (κ2) is 9.22. The van der Waals surface area contributed by atoms with Gasteiger partial charge >= 0.3 is 12.1 Å². The number of carbonyl (C=O) groups is 3. The fraction of sp³-hybridized carbons (Fsp3) is 0.348. The Morgan fingerprint density at radius 3 is 2.24 bits per heavy atom. The molecule has 1 aliphatic heterocycles. The molecule has 10 heteroatoms. The number of fused-ring (bicyclic) bond motifs is 3. The Morgan fingerprint density at radius 1 is 1.03 bits per heavy atom. The molecule has 1 atom stereocenters. The van der Waals surface area contributed by atoms with Crippen molar-refractivity contribution >= 4 is 27.8 Å². The Morgan fingerprint density at radius 2 is 1.64 bits per heavy atom. The summed E-state index contributed by atoms with van der Waals surface area (Å²) in [5, 5.41) is 11.4. The van der Waals surface area contributed by atoms with Crippen molar-refractivity contribution in [3.63, 3.8) is 0 Å². The highest BCUT2D eigenvalue weighted by Crippen LogP contribution is 2.44. The second-order valence-corrected chi connectivity index (χ2v) is 10.4. The summed E-state index contributed by atoms with van der Waals surface area (Å²) in [6.45, 7) is -0.421. The minimum Gasteiger partial charge on any atom is -0.481 e. The van der Waals surface area contributed by atoms with E-state index in [9.17, 15) is 22.8 Å². The van der Waals surface area contributed by atoms with Gasteiger partial charge in [0.1, 0.15) is 13.2 Å². The number of carboxylic acids is 1. The maximum atomic E-state index is 12.6. The van der Waals surface area contributed by atoms with Gasteiger partial charge in [-0.05, 0) is 22.3 Å². The monoisotopic (exact) mass is 472 g/mol. The Kier molecular flexibility index (Phi) is 6.37. The normalized spacial score (nSPS) is 18.8. The zero-order valence-corrected chi connectivity index (χ0v) is 18.6. The zero-order chi connectivity index (χ0) is 23.6. The minimum absolute atomic E-state index is 0.0949. The molecule has 0 saturated carbocycles. The van der Waals surface area contributed by atoms with Crippen LogP contribution < -0.4 is 5.32 Å². The van der Waals surface area contributed by atoms with Crippen LogP contribution in [-0.2, 0) is 24.2 Å². The van der Waals surface area contributed by atoms with E-state index in [1.165, 1.54) is 4.90 Å². The number of hydrogen-bond donors (Lipinski definition) is 2. The number of amides is 2. The predicted molar refractivity (Wildman–Crippen MR) is 119 cm³/mol. The van der Waals surface area contributed by atoms with E-state index in [4.69, 9.17) is 9.84 Å². The van der Waals surface area contributed by atoms with Crippen LogP contribution in [-0.4, -0.2) is 73.6 Å². The summed E-state index contributed by atoms with van der Waals surface area (Å²) in [7, 11) is -3.41. The van der Waals surface area contributed by atoms with Crippen molar-refractivity contribution in [3.05, 3.63) is 59.7 Å². The van der Waals surface area contributed by atoms with Crippen LogP contribution in [0.5, 0.6) is 0 Å². The number of benzene rings is 2. The largest absolute Gasteiger partial charge is 0.481 e. The summed E-state index contributed by atoms with van der Waals surface area (Å²) >= 11 is 0. The van der Waals surface area contributed by atoms with Gasteiger partial charge in [0.05, 0.1) is 24.0 Å². The highest BCUT2D eigenvalue weighted by molar-refractivity contribution is 7.91. The van der Waals surface area contributed by atoms with Gasteiger partial charge in [0.15, 0.2) is 9.84 Å². The Bertz CT molecular complexity index is 1150. The number of ether oxygens (including phenoxy) is 1. The molecule has 4 rings (SSSR count). The molecule has 1 saturated heterocycles. The quantitative estimate of drug-likeness (QED) is 0.653. The lowest BCUT2D eigenvalue weighted by molar-refractivity contribution is -0.140. The van der Waals surface area contributed by atoms with Crippen molar-refractivity contribution in [1.82, 2.24) is 10.2 Å². The molecule has 2 aromatic rings. The number of rotatable bonds is 6. The van der Waals surface area contributed by atoms with E-state index < -0.39 is 52.6 Å². The number of nitrogens with zero attached hydrogens (tertiary/aromatic N) is 1. The molecule has 2 aromatic carbocycles. The van der Waals surface area contributed by atoms with Crippen molar-refractivity contribution < 1.29 is 32.6 Å². The zero-order valence-electron chi connectivity index (χ0n) is 17.8. The fourth-order valence-electron chi connectivity index (χ4n) is 4.48. The standard InChI is InChI=1S/C23H24N2O7S/c26-21(25-9-10-33(30,31)14-15(25)11-22(27)28)12-24-23(29)32-13-20-18-7-3-1-5-16(18)17-6-2-4-8-19(17)20/h1-8,15,20H,9-14H2,(H,24,29)(H,27,28). The van der Waals surface area contributed by atoms with Gasteiger partial charge in [-0.3, -0.25) is 9.59 Å². The van der Waals surface area contributed by atoms with Crippen LogP contribution in [0.25, 0.3) is 11.1 Å².